The largest absolute Gasteiger partial charge is 0.497 e. The van der Waals surface area contributed by atoms with Gasteiger partial charge in [0.15, 0.2) is 0 Å². The van der Waals surface area contributed by atoms with Crippen molar-refractivity contribution in [2.75, 3.05) is 20.8 Å². The van der Waals surface area contributed by atoms with Crippen molar-refractivity contribution >= 4 is 23.5 Å². The molecule has 0 fully saturated rings. The van der Waals surface area contributed by atoms with E-state index in [0.29, 0.717) is 36.4 Å². The number of fused-ring (bicyclic) bond motifs is 1. The quantitative estimate of drug-likeness (QED) is 0.253. The second-order valence-electron chi connectivity index (χ2n) is 7.96. The SMILES string of the molecule is COc1ccc(C=C(C(=O)N2CCc3ccc(C(=O)NO)cc3C2)c2ccc(OC)cc2)cc1. The van der Waals surface area contributed by atoms with Gasteiger partial charge in [0.2, 0.25) is 0 Å². The number of carbonyl (C=O) groups excluding carboxylic acids is 2. The molecule has 0 spiro atoms. The molecule has 0 bridgehead atoms. The van der Waals surface area contributed by atoms with Gasteiger partial charge in [0.1, 0.15) is 11.5 Å². The molecule has 2 N–H and O–H groups in total. The molecule has 34 heavy (non-hydrogen) atoms. The summed E-state index contributed by atoms with van der Waals surface area (Å²) in [6.07, 6.45) is 2.55. The van der Waals surface area contributed by atoms with Crippen LogP contribution in [0.25, 0.3) is 11.6 Å². The van der Waals surface area contributed by atoms with E-state index in [0.717, 1.165) is 28.0 Å². The van der Waals surface area contributed by atoms with E-state index >= 15 is 0 Å². The highest BCUT2D eigenvalue weighted by atomic mass is 16.5. The van der Waals surface area contributed by atoms with Crippen LogP contribution in [-0.4, -0.2) is 42.7 Å². The number of amides is 2. The van der Waals surface area contributed by atoms with Crippen LogP contribution in [0.3, 0.4) is 0 Å². The van der Waals surface area contributed by atoms with E-state index in [1.54, 1.807) is 36.7 Å². The lowest BCUT2D eigenvalue weighted by Gasteiger charge is -2.30. The summed E-state index contributed by atoms with van der Waals surface area (Å²) in [7, 11) is 3.21. The third-order valence-corrected chi connectivity index (χ3v) is 5.93. The number of nitrogens with zero attached hydrogens (tertiary/aromatic N) is 1. The predicted octanol–water partition coefficient (Wildman–Crippen LogP) is 3.95. The number of methoxy groups -OCH3 is 2. The molecule has 0 unspecified atom stereocenters. The molecular formula is C27H26N2O5. The first kappa shape index (κ1) is 23.1. The zero-order valence-corrected chi connectivity index (χ0v) is 19.1. The van der Waals surface area contributed by atoms with Crippen molar-refractivity contribution in [2.45, 2.75) is 13.0 Å². The Morgan fingerprint density at radius 2 is 1.50 bits per heavy atom. The first-order valence-electron chi connectivity index (χ1n) is 10.9. The van der Waals surface area contributed by atoms with Gasteiger partial charge in [-0.1, -0.05) is 30.3 Å². The van der Waals surface area contributed by atoms with Crippen LogP contribution in [0.4, 0.5) is 0 Å². The summed E-state index contributed by atoms with van der Waals surface area (Å²) in [5.74, 6) is 0.764. The Kier molecular flexibility index (Phi) is 6.94. The van der Waals surface area contributed by atoms with Gasteiger partial charge in [-0.15, -0.1) is 0 Å². The van der Waals surface area contributed by atoms with E-state index in [2.05, 4.69) is 0 Å². The normalized spacial score (nSPS) is 13.1. The van der Waals surface area contributed by atoms with Crippen LogP contribution in [0.2, 0.25) is 0 Å². The molecular weight excluding hydrogens is 432 g/mol. The fourth-order valence-corrected chi connectivity index (χ4v) is 4.01. The van der Waals surface area contributed by atoms with E-state index in [9.17, 15) is 9.59 Å². The molecule has 0 aromatic heterocycles. The van der Waals surface area contributed by atoms with Crippen LogP contribution in [0.1, 0.15) is 32.6 Å². The molecule has 1 heterocycles. The van der Waals surface area contributed by atoms with Crippen molar-refractivity contribution in [3.63, 3.8) is 0 Å². The zero-order valence-electron chi connectivity index (χ0n) is 19.1. The first-order chi connectivity index (χ1) is 16.5. The van der Waals surface area contributed by atoms with Crippen LogP contribution in [0, 0.1) is 0 Å². The predicted molar refractivity (Wildman–Crippen MR) is 129 cm³/mol. The molecule has 0 aliphatic carbocycles. The molecule has 3 aromatic rings. The molecule has 3 aromatic carbocycles. The zero-order chi connectivity index (χ0) is 24.1. The number of hydrogen-bond acceptors (Lipinski definition) is 5. The lowest BCUT2D eigenvalue weighted by Crippen LogP contribution is -2.36. The fourth-order valence-electron chi connectivity index (χ4n) is 4.01. The minimum Gasteiger partial charge on any atom is -0.497 e. The van der Waals surface area contributed by atoms with Gasteiger partial charge in [-0.3, -0.25) is 14.8 Å². The number of ether oxygens (including phenoxy) is 2. The maximum Gasteiger partial charge on any atom is 0.274 e. The van der Waals surface area contributed by atoms with Crippen LogP contribution >= 0.6 is 0 Å². The number of benzene rings is 3. The molecule has 0 saturated carbocycles. The van der Waals surface area contributed by atoms with Gasteiger partial charge in [-0.25, -0.2) is 5.48 Å². The van der Waals surface area contributed by atoms with Crippen molar-refractivity contribution in [3.8, 4) is 11.5 Å². The van der Waals surface area contributed by atoms with Gasteiger partial charge in [-0.2, -0.15) is 0 Å². The lowest BCUT2D eigenvalue weighted by atomic mass is 9.95. The first-order valence-corrected chi connectivity index (χ1v) is 10.9. The van der Waals surface area contributed by atoms with Gasteiger partial charge in [-0.05, 0) is 71.1 Å². The monoisotopic (exact) mass is 458 g/mol. The van der Waals surface area contributed by atoms with E-state index in [4.69, 9.17) is 14.7 Å². The number of carbonyl (C=O) groups is 2. The standard InChI is InChI=1S/C27H26N2O5/c1-33-23-9-3-18(4-10-23)15-25(20-7-11-24(34-2)12-8-20)27(31)29-14-13-19-5-6-21(26(30)28-32)16-22(19)17-29/h3-12,15-16,32H,13-14,17H2,1-2H3,(H,28,30). The van der Waals surface area contributed by atoms with Crippen molar-refractivity contribution in [2.24, 2.45) is 0 Å². The number of rotatable bonds is 6. The van der Waals surface area contributed by atoms with Gasteiger partial charge in [0.25, 0.3) is 11.8 Å². The smallest absolute Gasteiger partial charge is 0.274 e. The minimum atomic E-state index is -0.579. The average molecular weight is 459 g/mol. The molecule has 2 amide bonds. The highest BCUT2D eigenvalue weighted by molar-refractivity contribution is 6.24. The molecule has 1 aliphatic rings. The molecule has 7 heteroatoms. The summed E-state index contributed by atoms with van der Waals surface area (Å²) in [6, 6.07) is 20.2. The summed E-state index contributed by atoms with van der Waals surface area (Å²) in [6.45, 7) is 0.935. The Morgan fingerprint density at radius 3 is 2.12 bits per heavy atom. The summed E-state index contributed by atoms with van der Waals surface area (Å²) >= 11 is 0. The molecule has 0 saturated heterocycles. The third kappa shape index (κ3) is 4.94. The van der Waals surface area contributed by atoms with Crippen molar-refractivity contribution in [3.05, 3.63) is 94.5 Å². The maximum absolute atomic E-state index is 13.7. The average Bonchev–Trinajstić information content (AvgIpc) is 2.90. The fraction of sp³-hybridized carbons (Fsp3) is 0.185. The van der Waals surface area contributed by atoms with Crippen LogP contribution < -0.4 is 15.0 Å². The summed E-state index contributed by atoms with van der Waals surface area (Å²) in [4.78, 5) is 27.4. The van der Waals surface area contributed by atoms with Crippen molar-refractivity contribution in [1.29, 1.82) is 0 Å². The minimum absolute atomic E-state index is 0.108. The molecule has 0 radical (unpaired) electrons. The van der Waals surface area contributed by atoms with E-state index in [1.165, 1.54) is 0 Å². The summed E-state index contributed by atoms with van der Waals surface area (Å²) in [5.41, 5.74) is 6.19. The van der Waals surface area contributed by atoms with Gasteiger partial charge >= 0.3 is 0 Å². The molecule has 0 atom stereocenters. The van der Waals surface area contributed by atoms with Crippen molar-refractivity contribution < 1.29 is 24.3 Å². The number of hydroxylamine groups is 1. The summed E-state index contributed by atoms with van der Waals surface area (Å²) < 4.78 is 10.5. The second kappa shape index (κ2) is 10.2. The van der Waals surface area contributed by atoms with Crippen molar-refractivity contribution in [1.82, 2.24) is 10.4 Å². The second-order valence-corrected chi connectivity index (χ2v) is 7.96. The summed E-state index contributed by atoms with van der Waals surface area (Å²) in [5, 5.41) is 8.95. The van der Waals surface area contributed by atoms with Crippen LogP contribution in [-0.2, 0) is 17.8 Å². The van der Waals surface area contributed by atoms with E-state index in [-0.39, 0.29) is 5.91 Å². The van der Waals surface area contributed by atoms with E-state index in [1.807, 2.05) is 60.7 Å². The third-order valence-electron chi connectivity index (χ3n) is 5.93. The highest BCUT2D eigenvalue weighted by Crippen LogP contribution is 2.28. The Bertz CT molecular complexity index is 1220. The molecule has 4 rings (SSSR count). The molecule has 1 aliphatic heterocycles. The van der Waals surface area contributed by atoms with Gasteiger partial charge < -0.3 is 14.4 Å². The Labute approximate surface area is 198 Å². The lowest BCUT2D eigenvalue weighted by molar-refractivity contribution is -0.125. The highest BCUT2D eigenvalue weighted by Gasteiger charge is 2.25. The Morgan fingerprint density at radius 1 is 0.882 bits per heavy atom. The Balaban J connectivity index is 1.67. The maximum atomic E-state index is 13.7. The molecule has 174 valence electrons. The topological polar surface area (TPSA) is 88.1 Å². The Hall–Kier alpha value is -4.10. The number of hydrogen-bond donors (Lipinski definition) is 2. The molecule has 7 nitrogen and oxygen atoms in total. The van der Waals surface area contributed by atoms with Crippen LogP contribution in [0.5, 0.6) is 11.5 Å². The van der Waals surface area contributed by atoms with E-state index < -0.39 is 5.91 Å². The number of nitrogens with one attached hydrogen (secondary N) is 1. The van der Waals surface area contributed by atoms with Gasteiger partial charge in [0, 0.05) is 24.2 Å². The van der Waals surface area contributed by atoms with Gasteiger partial charge in [0.05, 0.1) is 14.2 Å². The van der Waals surface area contributed by atoms with Crippen LogP contribution in [0.15, 0.2) is 66.7 Å².